The average molecular weight is 534 g/mol. The number of anilines is 2. The molecule has 0 bridgehead atoms. The van der Waals surface area contributed by atoms with Crippen molar-refractivity contribution in [3.63, 3.8) is 0 Å². The van der Waals surface area contributed by atoms with E-state index in [0.717, 1.165) is 56.9 Å². The molecule has 180 valence electrons. The molecule has 1 saturated heterocycles. The maximum atomic E-state index is 12.9. The summed E-state index contributed by atoms with van der Waals surface area (Å²) in [6.07, 6.45) is 7.10. The van der Waals surface area contributed by atoms with E-state index in [-0.39, 0.29) is 11.9 Å². The normalized spacial score (nSPS) is 14.3. The Morgan fingerprint density at radius 3 is 2.60 bits per heavy atom. The van der Waals surface area contributed by atoms with E-state index >= 15 is 0 Å². The summed E-state index contributed by atoms with van der Waals surface area (Å²) in [6, 6.07) is 12.1. The Hall–Kier alpha value is -3.46. The number of benzene rings is 1. The zero-order valence-electron chi connectivity index (χ0n) is 19.8. The lowest BCUT2D eigenvalue weighted by molar-refractivity contribution is 0.194. The van der Waals surface area contributed by atoms with Gasteiger partial charge in [-0.2, -0.15) is 9.61 Å². The largest absolute Gasteiger partial charge is 0.366 e. The van der Waals surface area contributed by atoms with Gasteiger partial charge in [0.1, 0.15) is 5.82 Å². The van der Waals surface area contributed by atoms with Gasteiger partial charge in [-0.3, -0.25) is 4.98 Å². The number of amides is 2. The number of aryl methyl sites for hydroxylation is 2. The number of para-hydroxylation sites is 1. The fourth-order valence-electron chi connectivity index (χ4n) is 4.56. The van der Waals surface area contributed by atoms with Crippen LogP contribution < -0.4 is 10.6 Å². The van der Waals surface area contributed by atoms with Crippen molar-refractivity contribution in [2.75, 3.05) is 23.7 Å². The van der Waals surface area contributed by atoms with E-state index < -0.39 is 0 Å². The van der Waals surface area contributed by atoms with Crippen LogP contribution in [0.2, 0.25) is 0 Å². The zero-order valence-corrected chi connectivity index (χ0v) is 21.4. The first kappa shape index (κ1) is 23.3. The van der Waals surface area contributed by atoms with Gasteiger partial charge in [0.2, 0.25) is 0 Å². The van der Waals surface area contributed by atoms with Gasteiger partial charge in [-0.05, 0) is 65.4 Å². The number of pyridine rings is 1. The van der Waals surface area contributed by atoms with Crippen LogP contribution in [0.4, 0.5) is 16.3 Å². The molecule has 0 aliphatic carbocycles. The van der Waals surface area contributed by atoms with Crippen molar-refractivity contribution in [2.24, 2.45) is 0 Å². The third-order valence-corrected chi connectivity index (χ3v) is 7.12. The van der Waals surface area contributed by atoms with Crippen LogP contribution in [0.1, 0.15) is 41.1 Å². The summed E-state index contributed by atoms with van der Waals surface area (Å²) in [6.45, 7) is 6.05. The van der Waals surface area contributed by atoms with Crippen LogP contribution >= 0.6 is 15.9 Å². The van der Waals surface area contributed by atoms with Crippen LogP contribution in [0.25, 0.3) is 5.65 Å². The summed E-state index contributed by atoms with van der Waals surface area (Å²) in [5.41, 5.74) is 5.94. The number of fused-ring (bicyclic) bond motifs is 1. The second-order valence-corrected chi connectivity index (χ2v) is 9.82. The molecule has 1 aromatic carbocycles. The molecule has 2 N–H and O–H groups in total. The van der Waals surface area contributed by atoms with Crippen molar-refractivity contribution in [3.8, 4) is 0 Å². The number of aromatic nitrogens is 4. The first-order valence-corrected chi connectivity index (χ1v) is 12.6. The molecule has 0 unspecified atom stereocenters. The Labute approximate surface area is 212 Å². The Morgan fingerprint density at radius 2 is 1.89 bits per heavy atom. The lowest BCUT2D eigenvalue weighted by atomic mass is 9.93. The van der Waals surface area contributed by atoms with Crippen molar-refractivity contribution >= 4 is 39.1 Å². The minimum atomic E-state index is -0.0402. The summed E-state index contributed by atoms with van der Waals surface area (Å²) in [5.74, 6) is 1.15. The van der Waals surface area contributed by atoms with Crippen molar-refractivity contribution in [1.82, 2.24) is 24.5 Å². The number of halogens is 1. The van der Waals surface area contributed by atoms with Crippen LogP contribution in [-0.4, -0.2) is 43.6 Å². The summed E-state index contributed by atoms with van der Waals surface area (Å²) in [5, 5.41) is 11.1. The lowest BCUT2D eigenvalue weighted by Crippen LogP contribution is -2.41. The van der Waals surface area contributed by atoms with Gasteiger partial charge in [-0.15, -0.1) is 0 Å². The van der Waals surface area contributed by atoms with Gasteiger partial charge in [0.15, 0.2) is 5.65 Å². The third-order valence-electron chi connectivity index (χ3n) is 6.56. The van der Waals surface area contributed by atoms with Gasteiger partial charge < -0.3 is 15.5 Å². The number of nitrogens with zero attached hydrogens (tertiary/aromatic N) is 5. The maximum absolute atomic E-state index is 12.9. The molecule has 9 heteroatoms. The van der Waals surface area contributed by atoms with Crippen molar-refractivity contribution in [1.29, 1.82) is 0 Å². The molecule has 5 rings (SSSR count). The highest BCUT2D eigenvalue weighted by Gasteiger charge is 2.26. The molecule has 4 aromatic rings. The number of urea groups is 1. The molecular formula is C26H28BrN7O. The number of hydrogen-bond acceptors (Lipinski definition) is 5. The molecule has 1 aliphatic heterocycles. The van der Waals surface area contributed by atoms with E-state index in [9.17, 15) is 4.79 Å². The first-order chi connectivity index (χ1) is 17.0. The third kappa shape index (κ3) is 5.00. The van der Waals surface area contributed by atoms with Crippen molar-refractivity contribution < 1.29 is 4.79 Å². The quantitative estimate of drug-likeness (QED) is 0.352. The van der Waals surface area contributed by atoms with Crippen molar-refractivity contribution in [2.45, 2.75) is 39.2 Å². The number of nitrogens with one attached hydrogen (secondary N) is 2. The van der Waals surface area contributed by atoms with Crippen molar-refractivity contribution in [3.05, 3.63) is 81.8 Å². The topological polar surface area (TPSA) is 87.5 Å². The van der Waals surface area contributed by atoms with Crippen LogP contribution in [-0.2, 0) is 6.54 Å². The molecule has 4 heterocycles. The Kier molecular flexibility index (Phi) is 6.68. The van der Waals surface area contributed by atoms with Crippen LogP contribution in [0, 0.1) is 13.8 Å². The van der Waals surface area contributed by atoms with Gasteiger partial charge in [-0.25, -0.2) is 9.78 Å². The minimum absolute atomic E-state index is 0.0402. The number of likely N-dealkylation sites (tertiary alicyclic amines) is 1. The SMILES string of the molecule is Cc1cccc(C)c1NC(=O)N1CCC(c2cc(NCc3cccnc3)n3ncc(Br)c3n2)CC1. The fourth-order valence-corrected chi connectivity index (χ4v) is 4.91. The smallest absolute Gasteiger partial charge is 0.321 e. The fraction of sp³-hybridized carbons (Fsp3) is 0.308. The number of hydrogen-bond donors (Lipinski definition) is 2. The minimum Gasteiger partial charge on any atom is -0.366 e. The molecular weight excluding hydrogens is 506 g/mol. The van der Waals surface area contributed by atoms with Crippen LogP contribution in [0.15, 0.2) is 59.5 Å². The number of rotatable bonds is 5. The second-order valence-electron chi connectivity index (χ2n) is 8.97. The number of carbonyl (C=O) groups excluding carboxylic acids is 1. The number of piperidine rings is 1. The van der Waals surface area contributed by atoms with E-state index in [0.29, 0.717) is 19.6 Å². The summed E-state index contributed by atoms with van der Waals surface area (Å²) in [7, 11) is 0. The summed E-state index contributed by atoms with van der Waals surface area (Å²) in [4.78, 5) is 23.9. The van der Waals surface area contributed by atoms with E-state index in [4.69, 9.17) is 4.98 Å². The highest BCUT2D eigenvalue weighted by atomic mass is 79.9. The van der Waals surface area contributed by atoms with E-state index in [1.165, 1.54) is 0 Å². The lowest BCUT2D eigenvalue weighted by Gasteiger charge is -2.32. The summed E-state index contributed by atoms with van der Waals surface area (Å²) >= 11 is 3.58. The monoisotopic (exact) mass is 533 g/mol. The van der Waals surface area contributed by atoms with Gasteiger partial charge >= 0.3 is 6.03 Å². The van der Waals surface area contributed by atoms with Gasteiger partial charge in [0.05, 0.1) is 10.7 Å². The average Bonchev–Trinajstić information content (AvgIpc) is 3.26. The van der Waals surface area contributed by atoms with Crippen LogP contribution in [0.3, 0.4) is 0 Å². The Balaban J connectivity index is 1.29. The molecule has 1 fully saturated rings. The summed E-state index contributed by atoms with van der Waals surface area (Å²) < 4.78 is 2.67. The molecule has 1 aliphatic rings. The highest BCUT2D eigenvalue weighted by Crippen LogP contribution is 2.31. The molecule has 0 radical (unpaired) electrons. The molecule has 0 atom stereocenters. The highest BCUT2D eigenvalue weighted by molar-refractivity contribution is 9.10. The molecule has 2 amide bonds. The molecule has 8 nitrogen and oxygen atoms in total. The van der Waals surface area contributed by atoms with E-state index in [1.807, 2.05) is 59.8 Å². The molecule has 0 spiro atoms. The molecule has 35 heavy (non-hydrogen) atoms. The van der Waals surface area contributed by atoms with E-state index in [1.54, 1.807) is 12.4 Å². The molecule has 0 saturated carbocycles. The predicted octanol–water partition coefficient (Wildman–Crippen LogP) is 5.53. The Bertz CT molecular complexity index is 1330. The zero-order chi connectivity index (χ0) is 24.4. The Morgan fingerprint density at radius 1 is 1.11 bits per heavy atom. The standard InChI is InChI=1S/C26H28BrN7O/c1-17-5-3-6-18(2)24(17)32-26(35)33-11-8-20(9-12-33)22-13-23(29-15-19-7-4-10-28-14-19)34-25(31-22)21(27)16-30-34/h3-7,10,13-14,16,20,29H,8-9,11-12,15H2,1-2H3,(H,32,35). The van der Waals surface area contributed by atoms with Crippen LogP contribution in [0.5, 0.6) is 0 Å². The first-order valence-electron chi connectivity index (χ1n) is 11.8. The predicted molar refractivity (Wildman–Crippen MR) is 141 cm³/mol. The number of carbonyl (C=O) groups is 1. The van der Waals surface area contributed by atoms with E-state index in [2.05, 4.69) is 42.7 Å². The van der Waals surface area contributed by atoms with Gasteiger partial charge in [0, 0.05) is 55.4 Å². The molecule has 3 aromatic heterocycles. The van der Waals surface area contributed by atoms with Gasteiger partial charge in [0.25, 0.3) is 0 Å². The second kappa shape index (κ2) is 10.0. The maximum Gasteiger partial charge on any atom is 0.321 e. The van der Waals surface area contributed by atoms with Gasteiger partial charge in [-0.1, -0.05) is 24.3 Å².